The molecule has 1 aromatic carbocycles. The van der Waals surface area contributed by atoms with E-state index < -0.39 is 5.97 Å². The Morgan fingerprint density at radius 3 is 2.75 bits per heavy atom. The first-order chi connectivity index (χ1) is 9.65. The van der Waals surface area contributed by atoms with E-state index in [4.69, 9.17) is 5.11 Å². The molecule has 0 aliphatic carbocycles. The lowest BCUT2D eigenvalue weighted by molar-refractivity contribution is 0.0695. The summed E-state index contributed by atoms with van der Waals surface area (Å²) in [5.41, 5.74) is 3.73. The maximum atomic E-state index is 11.0. The first-order valence-corrected chi connectivity index (χ1v) is 6.67. The number of hydrogen-bond acceptors (Lipinski definition) is 3. The van der Waals surface area contributed by atoms with E-state index in [1.54, 1.807) is 0 Å². The van der Waals surface area contributed by atoms with E-state index in [2.05, 4.69) is 34.1 Å². The number of pyridine rings is 1. The van der Waals surface area contributed by atoms with E-state index in [9.17, 15) is 4.79 Å². The number of fused-ring (bicyclic) bond motifs is 1. The number of aryl methyl sites for hydroxylation is 1. The Morgan fingerprint density at radius 1 is 1.30 bits per heavy atom. The SMILES string of the molecule is Cc1cc(N2CCc3ccccc3C2)ncc1C(=O)O. The normalized spacial score (nSPS) is 13.9. The Morgan fingerprint density at radius 2 is 2.05 bits per heavy atom. The Labute approximate surface area is 117 Å². The van der Waals surface area contributed by atoms with Crippen molar-refractivity contribution < 1.29 is 9.90 Å². The number of benzene rings is 1. The lowest BCUT2D eigenvalue weighted by Gasteiger charge is -2.30. The van der Waals surface area contributed by atoms with Crippen molar-refractivity contribution in [2.75, 3.05) is 11.4 Å². The summed E-state index contributed by atoms with van der Waals surface area (Å²) < 4.78 is 0. The van der Waals surface area contributed by atoms with Crippen molar-refractivity contribution in [1.29, 1.82) is 0 Å². The lowest BCUT2D eigenvalue weighted by Crippen LogP contribution is -2.31. The van der Waals surface area contributed by atoms with Gasteiger partial charge in [-0.3, -0.25) is 0 Å². The summed E-state index contributed by atoms with van der Waals surface area (Å²) in [6, 6.07) is 10.3. The number of carboxylic acid groups (broad SMARTS) is 1. The van der Waals surface area contributed by atoms with Gasteiger partial charge in [0.1, 0.15) is 5.82 Å². The molecule has 0 atom stereocenters. The van der Waals surface area contributed by atoms with E-state index in [-0.39, 0.29) is 5.56 Å². The van der Waals surface area contributed by atoms with Crippen LogP contribution < -0.4 is 4.90 Å². The van der Waals surface area contributed by atoms with Crippen molar-refractivity contribution in [3.05, 3.63) is 58.8 Å². The summed E-state index contributed by atoms with van der Waals surface area (Å²) in [5.74, 6) is -0.0763. The van der Waals surface area contributed by atoms with Gasteiger partial charge < -0.3 is 10.0 Å². The average molecular weight is 268 g/mol. The number of aromatic carboxylic acids is 1. The van der Waals surface area contributed by atoms with Crippen molar-refractivity contribution in [1.82, 2.24) is 4.98 Å². The highest BCUT2D eigenvalue weighted by atomic mass is 16.4. The molecule has 4 nitrogen and oxygen atoms in total. The van der Waals surface area contributed by atoms with Gasteiger partial charge in [-0.15, -0.1) is 0 Å². The quantitative estimate of drug-likeness (QED) is 0.909. The highest BCUT2D eigenvalue weighted by Gasteiger charge is 2.18. The van der Waals surface area contributed by atoms with Gasteiger partial charge in [0.2, 0.25) is 0 Å². The van der Waals surface area contributed by atoms with Crippen molar-refractivity contribution in [3.8, 4) is 0 Å². The maximum absolute atomic E-state index is 11.0. The van der Waals surface area contributed by atoms with Crippen molar-refractivity contribution in [2.24, 2.45) is 0 Å². The van der Waals surface area contributed by atoms with Gasteiger partial charge in [-0.1, -0.05) is 24.3 Å². The van der Waals surface area contributed by atoms with Crippen LogP contribution in [-0.4, -0.2) is 22.6 Å². The molecule has 0 saturated heterocycles. The highest BCUT2D eigenvalue weighted by Crippen LogP contribution is 2.24. The summed E-state index contributed by atoms with van der Waals surface area (Å²) in [5, 5.41) is 9.04. The van der Waals surface area contributed by atoms with Crippen LogP contribution in [0.3, 0.4) is 0 Å². The van der Waals surface area contributed by atoms with Crippen LogP contribution in [0, 0.1) is 6.92 Å². The van der Waals surface area contributed by atoms with Gasteiger partial charge in [0.05, 0.1) is 5.56 Å². The van der Waals surface area contributed by atoms with Crippen LogP contribution in [0.1, 0.15) is 27.0 Å². The molecule has 1 aliphatic heterocycles. The number of anilines is 1. The van der Waals surface area contributed by atoms with Crippen LogP contribution in [0.5, 0.6) is 0 Å². The Balaban J connectivity index is 1.88. The number of aromatic nitrogens is 1. The minimum absolute atomic E-state index is 0.270. The molecule has 0 bridgehead atoms. The maximum Gasteiger partial charge on any atom is 0.337 e. The van der Waals surface area contributed by atoms with Gasteiger partial charge in [-0.2, -0.15) is 0 Å². The molecule has 102 valence electrons. The molecular weight excluding hydrogens is 252 g/mol. The monoisotopic (exact) mass is 268 g/mol. The van der Waals surface area contributed by atoms with Gasteiger partial charge in [-0.05, 0) is 36.1 Å². The van der Waals surface area contributed by atoms with Gasteiger partial charge in [0.25, 0.3) is 0 Å². The van der Waals surface area contributed by atoms with Gasteiger partial charge in [-0.25, -0.2) is 9.78 Å². The molecule has 4 heteroatoms. The van der Waals surface area contributed by atoms with Gasteiger partial charge in [0.15, 0.2) is 0 Å². The van der Waals surface area contributed by atoms with Crippen LogP contribution in [0.15, 0.2) is 36.5 Å². The minimum atomic E-state index is -0.925. The highest BCUT2D eigenvalue weighted by molar-refractivity contribution is 5.89. The second-order valence-electron chi connectivity index (χ2n) is 5.10. The molecular formula is C16H16N2O2. The molecule has 0 unspecified atom stereocenters. The molecule has 0 radical (unpaired) electrons. The van der Waals surface area contributed by atoms with E-state index in [1.807, 2.05) is 13.0 Å². The summed E-state index contributed by atoms with van der Waals surface area (Å²) in [6.07, 6.45) is 2.45. The van der Waals surface area contributed by atoms with Crippen molar-refractivity contribution >= 4 is 11.8 Å². The summed E-state index contributed by atoms with van der Waals surface area (Å²) >= 11 is 0. The first-order valence-electron chi connectivity index (χ1n) is 6.67. The fourth-order valence-corrected chi connectivity index (χ4v) is 2.63. The number of nitrogens with zero attached hydrogens (tertiary/aromatic N) is 2. The molecule has 0 saturated carbocycles. The Bertz CT molecular complexity index is 667. The van der Waals surface area contributed by atoms with Crippen LogP contribution >= 0.6 is 0 Å². The largest absolute Gasteiger partial charge is 0.478 e. The molecule has 0 spiro atoms. The van der Waals surface area contributed by atoms with E-state index in [1.165, 1.54) is 17.3 Å². The summed E-state index contributed by atoms with van der Waals surface area (Å²) in [7, 11) is 0. The fourth-order valence-electron chi connectivity index (χ4n) is 2.63. The standard InChI is InChI=1S/C16H16N2O2/c1-11-8-15(17-9-14(11)16(19)20)18-7-6-12-4-2-3-5-13(12)10-18/h2-5,8-9H,6-7,10H2,1H3,(H,19,20). The Kier molecular flexibility index (Phi) is 3.14. The molecule has 0 amide bonds. The third-order valence-corrected chi connectivity index (χ3v) is 3.78. The zero-order valence-corrected chi connectivity index (χ0v) is 11.3. The second-order valence-corrected chi connectivity index (χ2v) is 5.10. The minimum Gasteiger partial charge on any atom is -0.478 e. The predicted octanol–water partition coefficient (Wildman–Crippen LogP) is 2.65. The third-order valence-electron chi connectivity index (χ3n) is 3.78. The molecule has 2 aromatic rings. The van der Waals surface area contributed by atoms with Crippen LogP contribution in [0.25, 0.3) is 0 Å². The number of carbonyl (C=O) groups is 1. The van der Waals surface area contributed by atoms with Crippen LogP contribution in [0.2, 0.25) is 0 Å². The summed E-state index contributed by atoms with van der Waals surface area (Å²) in [6.45, 7) is 3.55. The predicted molar refractivity (Wildman–Crippen MR) is 77.1 cm³/mol. The number of carboxylic acids is 1. The van der Waals surface area contributed by atoms with Crippen LogP contribution in [-0.2, 0) is 13.0 Å². The molecule has 20 heavy (non-hydrogen) atoms. The summed E-state index contributed by atoms with van der Waals surface area (Å²) in [4.78, 5) is 17.5. The van der Waals surface area contributed by atoms with Crippen LogP contribution in [0.4, 0.5) is 5.82 Å². The lowest BCUT2D eigenvalue weighted by atomic mass is 10.00. The van der Waals surface area contributed by atoms with Crippen molar-refractivity contribution in [2.45, 2.75) is 19.9 Å². The zero-order chi connectivity index (χ0) is 14.1. The first kappa shape index (κ1) is 12.7. The smallest absolute Gasteiger partial charge is 0.337 e. The topological polar surface area (TPSA) is 53.4 Å². The third kappa shape index (κ3) is 2.25. The molecule has 1 N–H and O–H groups in total. The fraction of sp³-hybridized carbons (Fsp3) is 0.250. The molecule has 0 fully saturated rings. The number of hydrogen-bond donors (Lipinski definition) is 1. The molecule has 1 aliphatic rings. The van der Waals surface area contributed by atoms with E-state index in [0.717, 1.165) is 30.9 Å². The number of rotatable bonds is 2. The van der Waals surface area contributed by atoms with Gasteiger partial charge in [0, 0.05) is 19.3 Å². The average Bonchev–Trinajstić information content (AvgIpc) is 2.46. The second kappa shape index (κ2) is 4.96. The Hall–Kier alpha value is -2.36. The zero-order valence-electron chi connectivity index (χ0n) is 11.3. The molecule has 3 rings (SSSR count). The molecule has 1 aromatic heterocycles. The van der Waals surface area contributed by atoms with E-state index >= 15 is 0 Å². The molecule has 2 heterocycles. The van der Waals surface area contributed by atoms with E-state index in [0.29, 0.717) is 0 Å². The van der Waals surface area contributed by atoms with Gasteiger partial charge >= 0.3 is 5.97 Å². The van der Waals surface area contributed by atoms with Crippen molar-refractivity contribution in [3.63, 3.8) is 0 Å².